The van der Waals surface area contributed by atoms with Crippen LogP contribution in [0.15, 0.2) is 46.9 Å². The second-order valence-electron chi connectivity index (χ2n) is 6.22. The summed E-state index contributed by atoms with van der Waals surface area (Å²) in [5, 5.41) is 0.770. The smallest absolute Gasteiger partial charge is 0.338 e. The number of ether oxygens (including phenoxy) is 2. The van der Waals surface area contributed by atoms with Gasteiger partial charge in [-0.05, 0) is 44.0 Å². The van der Waals surface area contributed by atoms with Crippen molar-refractivity contribution >= 4 is 16.9 Å². The third kappa shape index (κ3) is 3.28. The summed E-state index contributed by atoms with van der Waals surface area (Å²) in [6.07, 6.45) is 1.95. The fraction of sp³-hybridized carbons (Fsp3) is 0.300. The van der Waals surface area contributed by atoms with Crippen LogP contribution in [0.25, 0.3) is 22.4 Å². The van der Waals surface area contributed by atoms with Gasteiger partial charge in [0, 0.05) is 12.0 Å². The van der Waals surface area contributed by atoms with Crippen LogP contribution in [0.2, 0.25) is 0 Å². The molecule has 4 rings (SSSR count). The van der Waals surface area contributed by atoms with Crippen LogP contribution >= 0.6 is 0 Å². The normalized spacial score (nSPS) is 17.1. The summed E-state index contributed by atoms with van der Waals surface area (Å²) in [4.78, 5) is 17.3. The van der Waals surface area contributed by atoms with Gasteiger partial charge in [0.1, 0.15) is 18.1 Å². The molecule has 1 aliphatic heterocycles. The van der Waals surface area contributed by atoms with Gasteiger partial charge in [-0.15, -0.1) is 0 Å². The van der Waals surface area contributed by atoms with Gasteiger partial charge < -0.3 is 13.9 Å². The van der Waals surface area contributed by atoms with Crippen LogP contribution < -0.4 is 0 Å². The molecule has 0 unspecified atom stereocenters. The monoisotopic (exact) mass is 337 g/mol. The zero-order valence-electron chi connectivity index (χ0n) is 14.0. The van der Waals surface area contributed by atoms with Crippen LogP contribution in [0.4, 0.5) is 0 Å². The Hall–Kier alpha value is -2.66. The molecule has 1 fully saturated rings. The SMILES string of the molecule is Cc1ccc(-c2cc(C(=O)OC[C@H]3CCCO3)c3ccccc3n2)o1. The summed E-state index contributed by atoms with van der Waals surface area (Å²) in [7, 11) is 0. The van der Waals surface area contributed by atoms with E-state index < -0.39 is 0 Å². The van der Waals surface area contributed by atoms with Gasteiger partial charge in [-0.25, -0.2) is 9.78 Å². The first kappa shape index (κ1) is 15.8. The molecular formula is C20H19NO4. The molecule has 1 saturated heterocycles. The molecule has 5 heteroatoms. The van der Waals surface area contributed by atoms with Crippen molar-refractivity contribution in [1.29, 1.82) is 0 Å². The number of esters is 1. The molecule has 0 N–H and O–H groups in total. The third-order valence-corrected chi connectivity index (χ3v) is 4.35. The van der Waals surface area contributed by atoms with Crippen LogP contribution in [-0.4, -0.2) is 30.3 Å². The predicted molar refractivity (Wildman–Crippen MR) is 93.4 cm³/mol. The topological polar surface area (TPSA) is 61.6 Å². The van der Waals surface area contributed by atoms with Crippen LogP contribution in [0, 0.1) is 6.92 Å². The highest BCUT2D eigenvalue weighted by molar-refractivity contribution is 6.04. The molecule has 0 amide bonds. The second-order valence-corrected chi connectivity index (χ2v) is 6.22. The number of aryl methyl sites for hydroxylation is 1. The van der Waals surface area contributed by atoms with Gasteiger partial charge in [0.2, 0.25) is 0 Å². The van der Waals surface area contributed by atoms with E-state index in [2.05, 4.69) is 4.98 Å². The van der Waals surface area contributed by atoms with E-state index in [1.807, 2.05) is 43.3 Å². The van der Waals surface area contributed by atoms with Crippen LogP contribution in [-0.2, 0) is 9.47 Å². The molecule has 25 heavy (non-hydrogen) atoms. The Morgan fingerprint density at radius 2 is 2.16 bits per heavy atom. The van der Waals surface area contributed by atoms with Gasteiger partial charge >= 0.3 is 5.97 Å². The third-order valence-electron chi connectivity index (χ3n) is 4.35. The zero-order chi connectivity index (χ0) is 17.2. The number of carbonyl (C=O) groups is 1. The number of benzene rings is 1. The van der Waals surface area contributed by atoms with Crippen molar-refractivity contribution in [1.82, 2.24) is 4.98 Å². The Bertz CT molecular complexity index is 909. The molecule has 5 nitrogen and oxygen atoms in total. The molecular weight excluding hydrogens is 318 g/mol. The lowest BCUT2D eigenvalue weighted by atomic mass is 10.1. The standard InChI is InChI=1S/C20H19NO4/c1-13-8-9-19(25-13)18-11-16(15-6-2-3-7-17(15)21-18)20(22)24-12-14-5-4-10-23-14/h2-3,6-9,11,14H,4-5,10,12H2,1H3/t14-/m1/s1. The van der Waals surface area contributed by atoms with E-state index in [0.29, 0.717) is 17.0 Å². The van der Waals surface area contributed by atoms with Gasteiger partial charge in [0.25, 0.3) is 0 Å². The highest BCUT2D eigenvalue weighted by Crippen LogP contribution is 2.27. The fourth-order valence-electron chi connectivity index (χ4n) is 3.06. The molecule has 0 saturated carbocycles. The summed E-state index contributed by atoms with van der Waals surface area (Å²) in [5.74, 6) is 1.07. The minimum absolute atomic E-state index is 0.00393. The Morgan fingerprint density at radius 1 is 1.28 bits per heavy atom. The molecule has 3 heterocycles. The number of carbonyl (C=O) groups excluding carboxylic acids is 1. The molecule has 0 radical (unpaired) electrons. The number of rotatable bonds is 4. The van der Waals surface area contributed by atoms with Gasteiger partial charge in [-0.2, -0.15) is 0 Å². The lowest BCUT2D eigenvalue weighted by Crippen LogP contribution is -2.18. The summed E-state index contributed by atoms with van der Waals surface area (Å²) in [5.41, 5.74) is 1.85. The molecule has 0 spiro atoms. The molecule has 0 aliphatic carbocycles. The number of para-hydroxylation sites is 1. The maximum atomic E-state index is 12.7. The van der Waals surface area contributed by atoms with Crippen LogP contribution in [0.5, 0.6) is 0 Å². The number of aromatic nitrogens is 1. The first-order chi connectivity index (χ1) is 12.2. The van der Waals surface area contributed by atoms with E-state index in [-0.39, 0.29) is 18.7 Å². The minimum atomic E-state index is -0.362. The maximum absolute atomic E-state index is 12.7. The molecule has 128 valence electrons. The van der Waals surface area contributed by atoms with E-state index in [9.17, 15) is 4.79 Å². The van der Waals surface area contributed by atoms with Crippen molar-refractivity contribution < 1.29 is 18.7 Å². The number of nitrogens with zero attached hydrogens (tertiary/aromatic N) is 1. The van der Waals surface area contributed by atoms with Crippen molar-refractivity contribution in [3.05, 3.63) is 53.8 Å². The first-order valence-electron chi connectivity index (χ1n) is 8.46. The Morgan fingerprint density at radius 3 is 2.92 bits per heavy atom. The van der Waals surface area contributed by atoms with Crippen molar-refractivity contribution in [3.63, 3.8) is 0 Å². The highest BCUT2D eigenvalue weighted by atomic mass is 16.6. The zero-order valence-corrected chi connectivity index (χ0v) is 14.0. The van der Waals surface area contributed by atoms with E-state index in [1.165, 1.54) is 0 Å². The van der Waals surface area contributed by atoms with Crippen molar-refractivity contribution in [2.24, 2.45) is 0 Å². The molecule has 1 atom stereocenters. The van der Waals surface area contributed by atoms with Gasteiger partial charge in [-0.1, -0.05) is 18.2 Å². The second kappa shape index (κ2) is 6.69. The summed E-state index contributed by atoms with van der Waals surface area (Å²) >= 11 is 0. The minimum Gasteiger partial charge on any atom is -0.460 e. The average Bonchev–Trinajstić information content (AvgIpc) is 3.30. The molecule has 1 aliphatic rings. The van der Waals surface area contributed by atoms with Gasteiger partial charge in [0.15, 0.2) is 5.76 Å². The van der Waals surface area contributed by atoms with Gasteiger partial charge in [-0.3, -0.25) is 0 Å². The number of hydrogen-bond acceptors (Lipinski definition) is 5. The van der Waals surface area contributed by atoms with E-state index in [4.69, 9.17) is 13.9 Å². The predicted octanol–water partition coefficient (Wildman–Crippen LogP) is 4.14. The maximum Gasteiger partial charge on any atom is 0.338 e. The van der Waals surface area contributed by atoms with Crippen LogP contribution in [0.1, 0.15) is 29.0 Å². The summed E-state index contributed by atoms with van der Waals surface area (Å²) in [6, 6.07) is 13.0. The molecule has 2 aromatic heterocycles. The Balaban J connectivity index is 1.69. The van der Waals surface area contributed by atoms with Gasteiger partial charge in [0.05, 0.1) is 17.2 Å². The first-order valence-corrected chi connectivity index (χ1v) is 8.46. The number of hydrogen-bond donors (Lipinski definition) is 0. The van der Waals surface area contributed by atoms with Crippen LogP contribution in [0.3, 0.4) is 0 Å². The lowest BCUT2D eigenvalue weighted by Gasteiger charge is -2.12. The highest BCUT2D eigenvalue weighted by Gasteiger charge is 2.20. The fourth-order valence-corrected chi connectivity index (χ4v) is 3.06. The number of fused-ring (bicyclic) bond motifs is 1. The summed E-state index contributed by atoms with van der Waals surface area (Å²) < 4.78 is 16.7. The van der Waals surface area contributed by atoms with Crippen molar-refractivity contribution in [3.8, 4) is 11.5 Å². The lowest BCUT2D eigenvalue weighted by molar-refractivity contribution is 0.0163. The largest absolute Gasteiger partial charge is 0.460 e. The quantitative estimate of drug-likeness (QED) is 0.670. The molecule has 0 bridgehead atoms. The number of furan rings is 1. The summed E-state index contributed by atoms with van der Waals surface area (Å²) in [6.45, 7) is 2.90. The average molecular weight is 337 g/mol. The van der Waals surface area contributed by atoms with E-state index >= 15 is 0 Å². The Labute approximate surface area is 145 Å². The van der Waals surface area contributed by atoms with E-state index in [1.54, 1.807) is 6.07 Å². The molecule has 1 aromatic carbocycles. The number of pyridine rings is 1. The Kier molecular flexibility index (Phi) is 4.24. The van der Waals surface area contributed by atoms with Crippen molar-refractivity contribution in [2.45, 2.75) is 25.9 Å². The molecule has 3 aromatic rings. The van der Waals surface area contributed by atoms with E-state index in [0.717, 1.165) is 36.1 Å². The van der Waals surface area contributed by atoms with Crippen molar-refractivity contribution in [2.75, 3.05) is 13.2 Å².